The molecule has 21 heavy (non-hydrogen) atoms. The van der Waals surface area contributed by atoms with Gasteiger partial charge in [0.15, 0.2) is 0 Å². The first-order chi connectivity index (χ1) is 10.2. The van der Waals surface area contributed by atoms with Crippen LogP contribution in [0.25, 0.3) is 5.78 Å². The van der Waals surface area contributed by atoms with Gasteiger partial charge in [0.25, 0.3) is 5.78 Å². The zero-order chi connectivity index (χ0) is 14.8. The van der Waals surface area contributed by atoms with Gasteiger partial charge in [-0.3, -0.25) is 0 Å². The van der Waals surface area contributed by atoms with Crippen LogP contribution in [0.15, 0.2) is 12.4 Å². The van der Waals surface area contributed by atoms with Crippen molar-refractivity contribution >= 4 is 11.6 Å². The van der Waals surface area contributed by atoms with Gasteiger partial charge in [-0.25, -0.2) is 4.98 Å². The van der Waals surface area contributed by atoms with E-state index >= 15 is 0 Å². The van der Waals surface area contributed by atoms with Crippen LogP contribution in [0.2, 0.25) is 0 Å². The molecule has 1 fully saturated rings. The Balaban J connectivity index is 1.83. The van der Waals surface area contributed by atoms with Crippen molar-refractivity contribution in [3.63, 3.8) is 0 Å². The van der Waals surface area contributed by atoms with Crippen LogP contribution in [0, 0.1) is 5.92 Å². The van der Waals surface area contributed by atoms with Gasteiger partial charge in [0.1, 0.15) is 12.1 Å². The molecule has 1 saturated heterocycles. The van der Waals surface area contributed by atoms with Crippen LogP contribution in [0.4, 0.5) is 5.82 Å². The highest BCUT2D eigenvalue weighted by Gasteiger charge is 2.20. The highest BCUT2D eigenvalue weighted by atomic mass is 15.4. The van der Waals surface area contributed by atoms with Crippen LogP contribution >= 0.6 is 0 Å². The summed E-state index contributed by atoms with van der Waals surface area (Å²) in [6.45, 7) is 5.57. The fraction of sp³-hybridized carbons (Fsp3) is 0.667. The Bertz CT molecular complexity index is 607. The zero-order valence-corrected chi connectivity index (χ0v) is 13.2. The van der Waals surface area contributed by atoms with E-state index in [1.165, 1.54) is 25.9 Å². The summed E-state index contributed by atoms with van der Waals surface area (Å²) < 4.78 is 1.84. The molecule has 0 aromatic carbocycles. The predicted molar refractivity (Wildman–Crippen MR) is 83.7 cm³/mol. The van der Waals surface area contributed by atoms with Gasteiger partial charge >= 0.3 is 0 Å². The van der Waals surface area contributed by atoms with Crippen molar-refractivity contribution in [3.8, 4) is 0 Å². The number of rotatable bonds is 4. The fourth-order valence-electron chi connectivity index (χ4n) is 3.20. The van der Waals surface area contributed by atoms with Gasteiger partial charge in [-0.15, -0.1) is 0 Å². The van der Waals surface area contributed by atoms with E-state index in [-0.39, 0.29) is 0 Å². The molecular weight excluding hydrogens is 264 g/mol. The van der Waals surface area contributed by atoms with Crippen LogP contribution in [-0.4, -0.2) is 58.2 Å². The molecule has 6 heteroatoms. The van der Waals surface area contributed by atoms with Crippen LogP contribution < -0.4 is 4.90 Å². The first-order valence-electron chi connectivity index (χ1n) is 7.76. The minimum absolute atomic E-state index is 0.692. The Morgan fingerprint density at radius 2 is 2.29 bits per heavy atom. The van der Waals surface area contributed by atoms with Gasteiger partial charge < -0.3 is 9.80 Å². The summed E-state index contributed by atoms with van der Waals surface area (Å²) in [5.74, 6) is 2.49. The fourth-order valence-corrected chi connectivity index (χ4v) is 3.20. The maximum absolute atomic E-state index is 4.51. The summed E-state index contributed by atoms with van der Waals surface area (Å²) >= 11 is 0. The topological polar surface area (TPSA) is 49.6 Å². The molecule has 0 amide bonds. The molecule has 114 valence electrons. The number of likely N-dealkylation sites (tertiary alicyclic amines) is 1. The Morgan fingerprint density at radius 3 is 3.05 bits per heavy atom. The summed E-state index contributed by atoms with van der Waals surface area (Å²) in [6, 6.07) is 2.13. The number of hydrogen-bond donors (Lipinski definition) is 0. The standard InChI is InChI=1S/C15H24N6/c1-4-13-8-14(21-15(18-13)16-11-17-21)20(3)10-12-6-5-7-19(2)9-12/h8,11-12H,4-7,9-10H2,1-3H3. The van der Waals surface area contributed by atoms with E-state index in [1.54, 1.807) is 6.33 Å². The number of piperidine rings is 1. The smallest absolute Gasteiger partial charge is 0.254 e. The van der Waals surface area contributed by atoms with E-state index in [0.717, 1.165) is 24.5 Å². The molecule has 0 aliphatic carbocycles. The Kier molecular flexibility index (Phi) is 4.05. The number of aromatic nitrogens is 4. The second-order valence-electron chi connectivity index (χ2n) is 6.08. The lowest BCUT2D eigenvalue weighted by Gasteiger charge is -2.33. The summed E-state index contributed by atoms with van der Waals surface area (Å²) in [5, 5.41) is 4.31. The van der Waals surface area contributed by atoms with Gasteiger partial charge in [0, 0.05) is 31.9 Å². The van der Waals surface area contributed by atoms with Gasteiger partial charge in [-0.05, 0) is 38.8 Å². The quantitative estimate of drug-likeness (QED) is 0.852. The maximum atomic E-state index is 4.51. The molecule has 2 aromatic heterocycles. The van der Waals surface area contributed by atoms with Crippen LogP contribution in [0.3, 0.4) is 0 Å². The number of fused-ring (bicyclic) bond motifs is 1. The highest BCUT2D eigenvalue weighted by Crippen LogP contribution is 2.20. The molecule has 2 aromatic rings. The average Bonchev–Trinajstić information content (AvgIpc) is 2.94. The van der Waals surface area contributed by atoms with Gasteiger partial charge in [0.2, 0.25) is 0 Å². The minimum atomic E-state index is 0.692. The molecule has 3 rings (SSSR count). The SMILES string of the molecule is CCc1cc(N(C)CC2CCCN(C)C2)n2ncnc2n1. The lowest BCUT2D eigenvalue weighted by molar-refractivity contribution is 0.213. The molecule has 1 unspecified atom stereocenters. The first-order valence-corrected chi connectivity index (χ1v) is 7.76. The molecule has 0 spiro atoms. The van der Waals surface area contributed by atoms with Crippen molar-refractivity contribution < 1.29 is 0 Å². The normalized spacial score (nSPS) is 20.0. The lowest BCUT2D eigenvalue weighted by atomic mass is 9.98. The molecule has 0 radical (unpaired) electrons. The zero-order valence-electron chi connectivity index (χ0n) is 13.2. The van der Waals surface area contributed by atoms with E-state index in [1.807, 2.05) is 4.52 Å². The Morgan fingerprint density at radius 1 is 1.43 bits per heavy atom. The van der Waals surface area contributed by atoms with Crippen LogP contribution in [0.5, 0.6) is 0 Å². The van der Waals surface area contributed by atoms with E-state index in [0.29, 0.717) is 11.7 Å². The first kappa shape index (κ1) is 14.3. The van der Waals surface area contributed by atoms with Gasteiger partial charge in [0.05, 0.1) is 0 Å². The summed E-state index contributed by atoms with van der Waals surface area (Å²) in [6.07, 6.45) is 5.09. The second kappa shape index (κ2) is 5.97. The largest absolute Gasteiger partial charge is 0.359 e. The van der Waals surface area contributed by atoms with Gasteiger partial charge in [-0.2, -0.15) is 14.6 Å². The molecule has 6 nitrogen and oxygen atoms in total. The van der Waals surface area contributed by atoms with E-state index in [2.05, 4.69) is 52.0 Å². The summed E-state index contributed by atoms with van der Waals surface area (Å²) in [5.41, 5.74) is 1.07. The molecule has 0 N–H and O–H groups in total. The van der Waals surface area contributed by atoms with Crippen molar-refractivity contribution in [2.75, 3.05) is 38.6 Å². The third-order valence-electron chi connectivity index (χ3n) is 4.29. The lowest BCUT2D eigenvalue weighted by Crippen LogP contribution is -2.38. The summed E-state index contributed by atoms with van der Waals surface area (Å²) in [7, 11) is 4.36. The molecule has 1 atom stereocenters. The third kappa shape index (κ3) is 3.00. The predicted octanol–water partition coefficient (Wildman–Crippen LogP) is 1.46. The highest BCUT2D eigenvalue weighted by molar-refractivity contribution is 5.46. The summed E-state index contributed by atoms with van der Waals surface area (Å²) in [4.78, 5) is 13.5. The molecule has 1 aliphatic heterocycles. The number of nitrogens with zero attached hydrogens (tertiary/aromatic N) is 6. The Labute approximate surface area is 125 Å². The van der Waals surface area contributed by atoms with E-state index in [4.69, 9.17) is 0 Å². The van der Waals surface area contributed by atoms with Crippen molar-refractivity contribution in [2.24, 2.45) is 5.92 Å². The van der Waals surface area contributed by atoms with Crippen molar-refractivity contribution in [1.29, 1.82) is 0 Å². The van der Waals surface area contributed by atoms with Crippen LogP contribution in [0.1, 0.15) is 25.5 Å². The molecular formula is C15H24N6. The monoisotopic (exact) mass is 288 g/mol. The van der Waals surface area contributed by atoms with Gasteiger partial charge in [-0.1, -0.05) is 6.92 Å². The van der Waals surface area contributed by atoms with Crippen molar-refractivity contribution in [2.45, 2.75) is 26.2 Å². The Hall–Kier alpha value is -1.69. The number of aryl methyl sites for hydroxylation is 1. The molecule has 3 heterocycles. The maximum Gasteiger partial charge on any atom is 0.254 e. The van der Waals surface area contributed by atoms with Crippen molar-refractivity contribution in [3.05, 3.63) is 18.1 Å². The minimum Gasteiger partial charge on any atom is -0.359 e. The van der Waals surface area contributed by atoms with E-state index < -0.39 is 0 Å². The number of hydrogen-bond acceptors (Lipinski definition) is 5. The average molecular weight is 288 g/mol. The third-order valence-corrected chi connectivity index (χ3v) is 4.29. The number of anilines is 1. The molecule has 1 aliphatic rings. The second-order valence-corrected chi connectivity index (χ2v) is 6.08. The van der Waals surface area contributed by atoms with Crippen molar-refractivity contribution in [1.82, 2.24) is 24.5 Å². The molecule has 0 bridgehead atoms. The molecule has 0 saturated carbocycles. The van der Waals surface area contributed by atoms with E-state index in [9.17, 15) is 0 Å². The van der Waals surface area contributed by atoms with Crippen LogP contribution in [-0.2, 0) is 6.42 Å².